The highest BCUT2D eigenvalue weighted by molar-refractivity contribution is 5.93. The normalized spacial score (nSPS) is 18.1. The molecule has 2 unspecified atom stereocenters. The van der Waals surface area contributed by atoms with Crippen LogP contribution in [0.1, 0.15) is 23.7 Å². The van der Waals surface area contributed by atoms with Crippen LogP contribution in [0.3, 0.4) is 0 Å². The molecular formula is C24H26F2N6O3. The molecule has 3 heterocycles. The van der Waals surface area contributed by atoms with Crippen molar-refractivity contribution in [2.24, 2.45) is 0 Å². The number of halogens is 2. The Balaban J connectivity index is 1.59. The van der Waals surface area contributed by atoms with Gasteiger partial charge in [0.1, 0.15) is 17.7 Å². The van der Waals surface area contributed by atoms with E-state index < -0.39 is 12.0 Å². The maximum Gasteiger partial charge on any atom is 0.226 e. The second-order valence-corrected chi connectivity index (χ2v) is 8.36. The minimum atomic E-state index is -0.975. The first-order valence-electron chi connectivity index (χ1n) is 11.2. The Kier molecular flexibility index (Phi) is 6.25. The standard InChI is InChI=1S/C24H26F2N6O3/c1-33-16-5-4-13(20(7-16)34-2)11-28-24-29-19-9-21(35-3)18(26)8-17(19)23-30-22(31-32(23)24)14-6-15(25)12-27-10-14/h4-5,7-9,14-15,27H,6,10-12H2,1-3H3,(H,28,29). The van der Waals surface area contributed by atoms with Crippen LogP contribution in [-0.4, -0.2) is 60.2 Å². The van der Waals surface area contributed by atoms with Crippen molar-refractivity contribution in [1.29, 1.82) is 0 Å². The number of aromatic nitrogens is 4. The number of alkyl halides is 1. The largest absolute Gasteiger partial charge is 0.497 e. The molecule has 9 nitrogen and oxygen atoms in total. The lowest BCUT2D eigenvalue weighted by Gasteiger charge is -2.23. The molecule has 2 N–H and O–H groups in total. The predicted molar refractivity (Wildman–Crippen MR) is 127 cm³/mol. The van der Waals surface area contributed by atoms with E-state index in [1.165, 1.54) is 19.2 Å². The summed E-state index contributed by atoms with van der Waals surface area (Å²) < 4.78 is 46.1. The molecule has 5 rings (SSSR count). The van der Waals surface area contributed by atoms with Crippen LogP contribution < -0.4 is 24.8 Å². The van der Waals surface area contributed by atoms with Gasteiger partial charge < -0.3 is 24.8 Å². The van der Waals surface area contributed by atoms with E-state index >= 15 is 0 Å². The summed E-state index contributed by atoms with van der Waals surface area (Å²) in [5, 5.41) is 11.5. The average molecular weight is 485 g/mol. The Morgan fingerprint density at radius 2 is 1.89 bits per heavy atom. The van der Waals surface area contributed by atoms with Crippen LogP contribution in [0.2, 0.25) is 0 Å². The minimum Gasteiger partial charge on any atom is -0.497 e. The lowest BCUT2D eigenvalue weighted by Crippen LogP contribution is -2.36. The summed E-state index contributed by atoms with van der Waals surface area (Å²) in [6, 6.07) is 8.39. The monoisotopic (exact) mass is 484 g/mol. The smallest absolute Gasteiger partial charge is 0.226 e. The van der Waals surface area contributed by atoms with E-state index in [-0.39, 0.29) is 11.7 Å². The van der Waals surface area contributed by atoms with Gasteiger partial charge in [0.25, 0.3) is 0 Å². The Morgan fingerprint density at radius 1 is 1.06 bits per heavy atom. The molecule has 0 radical (unpaired) electrons. The number of rotatable bonds is 7. The summed E-state index contributed by atoms with van der Waals surface area (Å²) in [5.74, 6) is 1.56. The van der Waals surface area contributed by atoms with Crippen molar-refractivity contribution < 1.29 is 23.0 Å². The summed E-state index contributed by atoms with van der Waals surface area (Å²) in [4.78, 5) is 9.36. The molecule has 1 aliphatic heterocycles. The van der Waals surface area contributed by atoms with Crippen LogP contribution in [0.4, 0.5) is 14.7 Å². The second-order valence-electron chi connectivity index (χ2n) is 8.36. The Labute approximate surface area is 200 Å². The number of anilines is 1. The fraction of sp³-hybridized carbons (Fsp3) is 0.375. The third kappa shape index (κ3) is 4.39. The summed E-state index contributed by atoms with van der Waals surface area (Å²) in [6.07, 6.45) is -0.652. The number of methoxy groups -OCH3 is 3. The maximum atomic E-state index is 14.6. The molecule has 4 aromatic rings. The molecule has 0 bridgehead atoms. The fourth-order valence-corrected chi connectivity index (χ4v) is 4.33. The first-order chi connectivity index (χ1) is 17.0. The summed E-state index contributed by atoms with van der Waals surface area (Å²) in [6.45, 7) is 1.25. The van der Waals surface area contributed by atoms with Gasteiger partial charge in [-0.05, 0) is 24.6 Å². The van der Waals surface area contributed by atoms with E-state index in [9.17, 15) is 8.78 Å². The first kappa shape index (κ1) is 23.0. The minimum absolute atomic E-state index is 0.0774. The maximum absolute atomic E-state index is 14.6. The molecule has 0 saturated carbocycles. The van der Waals surface area contributed by atoms with Crippen LogP contribution in [0.15, 0.2) is 30.3 Å². The number of hydrogen-bond donors (Lipinski definition) is 2. The van der Waals surface area contributed by atoms with Crippen LogP contribution in [0.25, 0.3) is 16.6 Å². The molecular weight excluding hydrogens is 458 g/mol. The van der Waals surface area contributed by atoms with Gasteiger partial charge in [-0.1, -0.05) is 0 Å². The molecule has 0 amide bonds. The van der Waals surface area contributed by atoms with Gasteiger partial charge in [0.15, 0.2) is 23.0 Å². The molecule has 1 aliphatic rings. The van der Waals surface area contributed by atoms with E-state index in [1.807, 2.05) is 12.1 Å². The molecule has 2 atom stereocenters. The van der Waals surface area contributed by atoms with Crippen molar-refractivity contribution in [2.45, 2.75) is 25.1 Å². The van der Waals surface area contributed by atoms with Gasteiger partial charge in [0.2, 0.25) is 5.95 Å². The molecule has 0 aliphatic carbocycles. The van der Waals surface area contributed by atoms with Gasteiger partial charge >= 0.3 is 0 Å². The number of nitrogens with one attached hydrogen (secondary N) is 2. The fourth-order valence-electron chi connectivity index (χ4n) is 4.33. The molecule has 2 aromatic heterocycles. The zero-order valence-electron chi connectivity index (χ0n) is 19.6. The van der Waals surface area contributed by atoms with Crippen molar-refractivity contribution in [2.75, 3.05) is 39.7 Å². The molecule has 184 valence electrons. The zero-order chi connectivity index (χ0) is 24.5. The summed E-state index contributed by atoms with van der Waals surface area (Å²) in [7, 11) is 4.58. The van der Waals surface area contributed by atoms with E-state index in [2.05, 4.69) is 25.7 Å². The van der Waals surface area contributed by atoms with Crippen molar-refractivity contribution in [1.82, 2.24) is 24.9 Å². The van der Waals surface area contributed by atoms with Crippen molar-refractivity contribution in [3.63, 3.8) is 0 Å². The predicted octanol–water partition coefficient (Wildman–Crippen LogP) is 3.47. The molecule has 35 heavy (non-hydrogen) atoms. The molecule has 0 spiro atoms. The number of piperidine rings is 1. The molecule has 2 aromatic carbocycles. The number of hydrogen-bond acceptors (Lipinski definition) is 8. The van der Waals surface area contributed by atoms with Crippen LogP contribution in [-0.2, 0) is 6.54 Å². The van der Waals surface area contributed by atoms with Crippen molar-refractivity contribution in [3.05, 3.63) is 47.5 Å². The highest BCUT2D eigenvalue weighted by Crippen LogP contribution is 2.31. The van der Waals surface area contributed by atoms with Crippen LogP contribution in [0.5, 0.6) is 17.2 Å². The van der Waals surface area contributed by atoms with Crippen LogP contribution in [0, 0.1) is 5.82 Å². The molecule has 1 fully saturated rings. The Morgan fingerprint density at radius 3 is 2.63 bits per heavy atom. The van der Waals surface area contributed by atoms with Crippen molar-refractivity contribution in [3.8, 4) is 17.2 Å². The lowest BCUT2D eigenvalue weighted by atomic mass is 9.98. The number of ether oxygens (including phenoxy) is 3. The lowest BCUT2D eigenvalue weighted by molar-refractivity contribution is 0.243. The highest BCUT2D eigenvalue weighted by atomic mass is 19.1. The Bertz CT molecular complexity index is 1380. The van der Waals surface area contributed by atoms with E-state index in [0.29, 0.717) is 65.9 Å². The second kappa shape index (κ2) is 9.49. The van der Waals surface area contributed by atoms with E-state index in [0.717, 1.165) is 5.56 Å². The zero-order valence-corrected chi connectivity index (χ0v) is 19.6. The topological polar surface area (TPSA) is 94.8 Å². The summed E-state index contributed by atoms with van der Waals surface area (Å²) >= 11 is 0. The van der Waals surface area contributed by atoms with Gasteiger partial charge in [-0.25, -0.2) is 18.7 Å². The first-order valence-corrected chi connectivity index (χ1v) is 11.2. The van der Waals surface area contributed by atoms with Gasteiger partial charge in [0, 0.05) is 48.6 Å². The Hall–Kier alpha value is -3.73. The SMILES string of the molecule is COc1ccc(CNc2nc3cc(OC)c(F)cc3c3nc(C4CNCC(F)C4)nn23)c(OC)c1. The third-order valence-electron chi connectivity index (χ3n) is 6.15. The molecule has 11 heteroatoms. The average Bonchev–Trinajstić information content (AvgIpc) is 3.33. The number of benzene rings is 2. The van der Waals surface area contributed by atoms with Gasteiger partial charge in [0.05, 0.1) is 26.8 Å². The van der Waals surface area contributed by atoms with Gasteiger partial charge in [-0.15, -0.1) is 5.10 Å². The van der Waals surface area contributed by atoms with E-state index in [1.54, 1.807) is 24.8 Å². The quantitative estimate of drug-likeness (QED) is 0.412. The van der Waals surface area contributed by atoms with Crippen LogP contribution >= 0.6 is 0 Å². The number of fused-ring (bicyclic) bond motifs is 3. The van der Waals surface area contributed by atoms with Gasteiger partial charge in [-0.3, -0.25) is 0 Å². The molecule has 1 saturated heterocycles. The van der Waals surface area contributed by atoms with Gasteiger partial charge in [-0.2, -0.15) is 4.52 Å². The number of nitrogens with zero attached hydrogens (tertiary/aromatic N) is 4. The third-order valence-corrected chi connectivity index (χ3v) is 6.15. The van der Waals surface area contributed by atoms with Crippen molar-refractivity contribution >= 4 is 22.5 Å². The highest BCUT2D eigenvalue weighted by Gasteiger charge is 2.27. The summed E-state index contributed by atoms with van der Waals surface area (Å²) in [5.41, 5.74) is 1.79. The van der Waals surface area contributed by atoms with E-state index in [4.69, 9.17) is 14.2 Å².